The average molecular weight is 211 g/mol. The molecule has 0 aliphatic carbocycles. The predicted molar refractivity (Wildman–Crippen MR) is 61.8 cm³/mol. The summed E-state index contributed by atoms with van der Waals surface area (Å²) in [4.78, 5) is 0. The van der Waals surface area contributed by atoms with Crippen molar-refractivity contribution in [1.82, 2.24) is 10.2 Å². The highest BCUT2D eigenvalue weighted by molar-refractivity contribution is 7.15. The van der Waals surface area contributed by atoms with Crippen LogP contribution in [0.3, 0.4) is 0 Å². The summed E-state index contributed by atoms with van der Waals surface area (Å²) in [6.45, 7) is 7.94. The van der Waals surface area contributed by atoms with Crippen LogP contribution in [-0.2, 0) is 6.42 Å². The Bertz CT molecular complexity index is 283. The number of allylic oxidation sites excluding steroid dienone is 1. The van der Waals surface area contributed by atoms with Crippen molar-refractivity contribution in [3.8, 4) is 0 Å². The molecule has 78 valence electrons. The van der Waals surface area contributed by atoms with Crippen LogP contribution in [0.15, 0.2) is 12.7 Å². The first-order chi connectivity index (χ1) is 6.76. The van der Waals surface area contributed by atoms with Gasteiger partial charge in [0.1, 0.15) is 5.01 Å². The van der Waals surface area contributed by atoms with Crippen LogP contribution in [0.2, 0.25) is 0 Å². The second kappa shape index (κ2) is 5.75. The molecule has 0 spiro atoms. The topological polar surface area (TPSA) is 37.8 Å². The minimum Gasteiger partial charge on any atom is -0.358 e. The standard InChI is InChI=1S/C10H17N3S/c1-4-6-7-8(3)11-10-13-12-9(5-2)14-10/h4,8H,1,5-7H2,2-3H3,(H,11,13). The minimum atomic E-state index is 0.436. The van der Waals surface area contributed by atoms with Crippen LogP contribution < -0.4 is 5.32 Å². The van der Waals surface area contributed by atoms with E-state index in [0.717, 1.165) is 29.4 Å². The summed E-state index contributed by atoms with van der Waals surface area (Å²) in [6.07, 6.45) is 5.02. The molecule has 0 aliphatic rings. The third kappa shape index (κ3) is 3.46. The van der Waals surface area contributed by atoms with Gasteiger partial charge in [0.05, 0.1) is 0 Å². The van der Waals surface area contributed by atoms with Gasteiger partial charge >= 0.3 is 0 Å². The van der Waals surface area contributed by atoms with Crippen LogP contribution in [0.25, 0.3) is 0 Å². The lowest BCUT2D eigenvalue weighted by atomic mass is 10.2. The first-order valence-electron chi connectivity index (χ1n) is 4.96. The van der Waals surface area contributed by atoms with Gasteiger partial charge in [-0.1, -0.05) is 24.3 Å². The Morgan fingerprint density at radius 3 is 2.93 bits per heavy atom. The number of nitrogens with one attached hydrogen (secondary N) is 1. The third-order valence-corrected chi connectivity index (χ3v) is 2.94. The zero-order valence-electron chi connectivity index (χ0n) is 8.79. The lowest BCUT2D eigenvalue weighted by molar-refractivity contribution is 0.716. The Labute approximate surface area is 89.3 Å². The van der Waals surface area contributed by atoms with Gasteiger partial charge in [-0.25, -0.2) is 0 Å². The van der Waals surface area contributed by atoms with Crippen molar-refractivity contribution in [2.75, 3.05) is 5.32 Å². The maximum absolute atomic E-state index is 4.07. The van der Waals surface area contributed by atoms with Gasteiger partial charge in [-0.3, -0.25) is 0 Å². The number of nitrogens with zero attached hydrogens (tertiary/aromatic N) is 2. The first-order valence-corrected chi connectivity index (χ1v) is 5.77. The van der Waals surface area contributed by atoms with E-state index in [1.165, 1.54) is 0 Å². The number of aromatic nitrogens is 2. The molecule has 14 heavy (non-hydrogen) atoms. The fourth-order valence-electron chi connectivity index (χ4n) is 1.11. The van der Waals surface area contributed by atoms with E-state index in [0.29, 0.717) is 6.04 Å². The maximum atomic E-state index is 4.07. The molecular formula is C10H17N3S. The fraction of sp³-hybridized carbons (Fsp3) is 0.600. The third-order valence-electron chi connectivity index (χ3n) is 1.94. The van der Waals surface area contributed by atoms with Crippen molar-refractivity contribution in [3.63, 3.8) is 0 Å². The Kier molecular flexibility index (Phi) is 4.59. The van der Waals surface area contributed by atoms with Crippen molar-refractivity contribution in [3.05, 3.63) is 17.7 Å². The molecule has 1 heterocycles. The molecule has 1 aromatic heterocycles. The van der Waals surface area contributed by atoms with Crippen LogP contribution in [0, 0.1) is 0 Å². The monoisotopic (exact) mass is 211 g/mol. The predicted octanol–water partition coefficient (Wildman–Crippen LogP) is 2.87. The van der Waals surface area contributed by atoms with Crippen molar-refractivity contribution in [1.29, 1.82) is 0 Å². The number of hydrogen-bond donors (Lipinski definition) is 1. The Morgan fingerprint density at radius 1 is 1.57 bits per heavy atom. The minimum absolute atomic E-state index is 0.436. The van der Waals surface area contributed by atoms with E-state index < -0.39 is 0 Å². The summed E-state index contributed by atoms with van der Waals surface area (Å²) >= 11 is 1.64. The molecule has 0 fully saturated rings. The highest BCUT2D eigenvalue weighted by Crippen LogP contribution is 2.17. The summed E-state index contributed by atoms with van der Waals surface area (Å²) in [7, 11) is 0. The quantitative estimate of drug-likeness (QED) is 0.735. The van der Waals surface area contributed by atoms with Gasteiger partial charge in [0.25, 0.3) is 0 Å². The summed E-state index contributed by atoms with van der Waals surface area (Å²) in [5.74, 6) is 0. The molecule has 0 amide bonds. The van der Waals surface area contributed by atoms with Crippen molar-refractivity contribution >= 4 is 16.5 Å². The molecule has 1 unspecified atom stereocenters. The summed E-state index contributed by atoms with van der Waals surface area (Å²) in [6, 6.07) is 0.436. The van der Waals surface area contributed by atoms with E-state index in [4.69, 9.17) is 0 Å². The SMILES string of the molecule is C=CCCC(C)Nc1nnc(CC)s1. The van der Waals surface area contributed by atoms with Crippen molar-refractivity contribution in [2.45, 2.75) is 39.2 Å². The average Bonchev–Trinajstić information content (AvgIpc) is 2.62. The highest BCUT2D eigenvalue weighted by atomic mass is 32.1. The van der Waals surface area contributed by atoms with Gasteiger partial charge in [-0.05, 0) is 26.2 Å². The van der Waals surface area contributed by atoms with E-state index in [1.807, 2.05) is 6.08 Å². The Hall–Kier alpha value is -0.900. The first kappa shape index (κ1) is 11.2. The van der Waals surface area contributed by atoms with Gasteiger partial charge < -0.3 is 5.32 Å². The van der Waals surface area contributed by atoms with Crippen molar-refractivity contribution in [2.24, 2.45) is 0 Å². The Balaban J connectivity index is 2.39. The largest absolute Gasteiger partial charge is 0.358 e. The molecule has 1 aromatic rings. The summed E-state index contributed by atoms with van der Waals surface area (Å²) < 4.78 is 0. The normalized spacial score (nSPS) is 12.4. The van der Waals surface area contributed by atoms with E-state index >= 15 is 0 Å². The summed E-state index contributed by atoms with van der Waals surface area (Å²) in [5, 5.41) is 13.5. The van der Waals surface area contributed by atoms with E-state index in [-0.39, 0.29) is 0 Å². The van der Waals surface area contributed by atoms with E-state index in [2.05, 4.69) is 35.9 Å². The number of anilines is 1. The maximum Gasteiger partial charge on any atom is 0.205 e. The molecule has 0 bridgehead atoms. The molecule has 0 saturated carbocycles. The molecule has 1 N–H and O–H groups in total. The molecule has 0 aliphatic heterocycles. The van der Waals surface area contributed by atoms with Crippen LogP contribution in [0.5, 0.6) is 0 Å². The molecular weight excluding hydrogens is 194 g/mol. The number of hydrogen-bond acceptors (Lipinski definition) is 4. The fourth-order valence-corrected chi connectivity index (χ4v) is 1.90. The second-order valence-electron chi connectivity index (χ2n) is 3.27. The van der Waals surface area contributed by atoms with Gasteiger partial charge in [0.15, 0.2) is 0 Å². The molecule has 1 rings (SSSR count). The lowest BCUT2D eigenvalue weighted by Crippen LogP contribution is -2.14. The van der Waals surface area contributed by atoms with E-state index in [1.54, 1.807) is 11.3 Å². The van der Waals surface area contributed by atoms with Gasteiger partial charge in [-0.15, -0.1) is 16.8 Å². The number of aryl methyl sites for hydroxylation is 1. The molecule has 0 saturated heterocycles. The molecule has 4 heteroatoms. The van der Waals surface area contributed by atoms with Crippen LogP contribution in [0.4, 0.5) is 5.13 Å². The lowest BCUT2D eigenvalue weighted by Gasteiger charge is -2.10. The molecule has 0 radical (unpaired) electrons. The summed E-state index contributed by atoms with van der Waals surface area (Å²) in [5.41, 5.74) is 0. The zero-order chi connectivity index (χ0) is 10.4. The van der Waals surface area contributed by atoms with Gasteiger partial charge in [0.2, 0.25) is 5.13 Å². The smallest absolute Gasteiger partial charge is 0.205 e. The van der Waals surface area contributed by atoms with Crippen LogP contribution in [0.1, 0.15) is 31.7 Å². The number of rotatable bonds is 6. The van der Waals surface area contributed by atoms with Crippen LogP contribution >= 0.6 is 11.3 Å². The Morgan fingerprint density at radius 2 is 2.36 bits per heavy atom. The second-order valence-corrected chi connectivity index (χ2v) is 4.33. The van der Waals surface area contributed by atoms with Gasteiger partial charge in [0, 0.05) is 6.04 Å². The highest BCUT2D eigenvalue weighted by Gasteiger charge is 2.05. The van der Waals surface area contributed by atoms with Gasteiger partial charge in [-0.2, -0.15) is 0 Å². The van der Waals surface area contributed by atoms with Crippen molar-refractivity contribution < 1.29 is 0 Å². The zero-order valence-corrected chi connectivity index (χ0v) is 9.60. The van der Waals surface area contributed by atoms with Crippen LogP contribution in [-0.4, -0.2) is 16.2 Å². The molecule has 0 aromatic carbocycles. The molecule has 1 atom stereocenters. The van der Waals surface area contributed by atoms with E-state index in [9.17, 15) is 0 Å². The molecule has 3 nitrogen and oxygen atoms in total.